The molecule has 148 valence electrons. The number of para-hydroxylation sites is 1. The molecule has 1 fully saturated rings. The Morgan fingerprint density at radius 2 is 1.89 bits per heavy atom. The van der Waals surface area contributed by atoms with Crippen molar-refractivity contribution in [3.05, 3.63) is 59.2 Å². The lowest BCUT2D eigenvalue weighted by Gasteiger charge is -2.29. The minimum absolute atomic E-state index is 0.112. The second-order valence-electron chi connectivity index (χ2n) is 7.81. The first-order valence-electron chi connectivity index (χ1n) is 10.5. The Hall–Kier alpha value is -2.49. The molecule has 0 N–H and O–H groups in total. The molecule has 1 amide bonds. The summed E-state index contributed by atoms with van der Waals surface area (Å²) >= 11 is 0. The second kappa shape index (κ2) is 8.68. The summed E-state index contributed by atoms with van der Waals surface area (Å²) in [4.78, 5) is 15.0. The average Bonchev–Trinajstić information content (AvgIpc) is 3.22. The third-order valence-corrected chi connectivity index (χ3v) is 5.76. The summed E-state index contributed by atoms with van der Waals surface area (Å²) in [6.45, 7) is 4.11. The van der Waals surface area contributed by atoms with Gasteiger partial charge < -0.3 is 14.4 Å². The van der Waals surface area contributed by atoms with Crippen LogP contribution in [-0.4, -0.2) is 30.6 Å². The van der Waals surface area contributed by atoms with Gasteiger partial charge in [-0.15, -0.1) is 0 Å². The van der Waals surface area contributed by atoms with E-state index >= 15 is 0 Å². The molecule has 2 heterocycles. The van der Waals surface area contributed by atoms with Crippen molar-refractivity contribution in [1.29, 1.82) is 0 Å². The van der Waals surface area contributed by atoms with E-state index in [1.807, 2.05) is 12.1 Å². The van der Waals surface area contributed by atoms with Gasteiger partial charge in [-0.2, -0.15) is 0 Å². The van der Waals surface area contributed by atoms with Crippen LogP contribution in [-0.2, 0) is 11.2 Å². The molecule has 4 heteroatoms. The zero-order valence-corrected chi connectivity index (χ0v) is 16.7. The summed E-state index contributed by atoms with van der Waals surface area (Å²) in [7, 11) is 0. The van der Waals surface area contributed by atoms with Gasteiger partial charge in [0.15, 0.2) is 11.5 Å². The predicted octanol–water partition coefficient (Wildman–Crippen LogP) is 4.84. The maximum Gasteiger partial charge on any atom is 0.223 e. The molecule has 0 bridgehead atoms. The van der Waals surface area contributed by atoms with E-state index in [9.17, 15) is 4.79 Å². The van der Waals surface area contributed by atoms with Crippen LogP contribution in [0.3, 0.4) is 0 Å². The second-order valence-corrected chi connectivity index (χ2v) is 7.81. The number of fused-ring (bicyclic) bond motifs is 1. The van der Waals surface area contributed by atoms with Crippen LogP contribution in [0.1, 0.15) is 54.8 Å². The molecule has 2 aromatic rings. The van der Waals surface area contributed by atoms with E-state index in [2.05, 4.69) is 42.2 Å². The summed E-state index contributed by atoms with van der Waals surface area (Å²) in [5, 5.41) is 0. The van der Waals surface area contributed by atoms with Crippen molar-refractivity contribution < 1.29 is 14.3 Å². The Bertz CT molecular complexity index is 815. The van der Waals surface area contributed by atoms with Gasteiger partial charge in [-0.25, -0.2) is 0 Å². The number of aryl methyl sites for hydroxylation is 2. The Kier molecular flexibility index (Phi) is 5.84. The van der Waals surface area contributed by atoms with Gasteiger partial charge in [0.2, 0.25) is 5.91 Å². The molecule has 28 heavy (non-hydrogen) atoms. The van der Waals surface area contributed by atoms with Crippen LogP contribution >= 0.6 is 0 Å². The molecule has 1 unspecified atom stereocenters. The number of carbonyl (C=O) groups excluding carboxylic acids is 1. The topological polar surface area (TPSA) is 38.8 Å². The molecule has 0 aromatic heterocycles. The first-order valence-corrected chi connectivity index (χ1v) is 10.5. The molecule has 0 spiro atoms. The minimum Gasteiger partial charge on any atom is -0.486 e. The van der Waals surface area contributed by atoms with Crippen molar-refractivity contribution in [2.24, 2.45) is 0 Å². The molecule has 4 nitrogen and oxygen atoms in total. The Morgan fingerprint density at radius 1 is 1.07 bits per heavy atom. The van der Waals surface area contributed by atoms with Crippen LogP contribution in [0.4, 0.5) is 0 Å². The summed E-state index contributed by atoms with van der Waals surface area (Å²) in [6.07, 6.45) is 5.68. The molecule has 1 atom stereocenters. The molecule has 1 saturated heterocycles. The number of nitrogens with zero attached hydrogens (tertiary/aromatic N) is 1. The first kappa shape index (κ1) is 18.9. The quantitative estimate of drug-likeness (QED) is 0.674. The highest BCUT2D eigenvalue weighted by Gasteiger charge is 2.33. The molecule has 2 aliphatic heterocycles. The monoisotopic (exact) mass is 379 g/mol. The maximum atomic E-state index is 12.9. The van der Waals surface area contributed by atoms with Gasteiger partial charge >= 0.3 is 0 Å². The highest BCUT2D eigenvalue weighted by Crippen LogP contribution is 2.43. The fourth-order valence-corrected chi connectivity index (χ4v) is 4.25. The average molecular weight is 380 g/mol. The lowest BCUT2D eigenvalue weighted by Crippen LogP contribution is -2.31. The normalized spacial score (nSPS) is 18.3. The van der Waals surface area contributed by atoms with Gasteiger partial charge in [0.05, 0.1) is 6.04 Å². The fourth-order valence-electron chi connectivity index (χ4n) is 4.25. The van der Waals surface area contributed by atoms with E-state index in [-0.39, 0.29) is 11.9 Å². The molecule has 0 radical (unpaired) electrons. The number of hydrogen-bond donors (Lipinski definition) is 0. The van der Waals surface area contributed by atoms with Crippen molar-refractivity contribution in [3.63, 3.8) is 0 Å². The molecular formula is C24H29NO3. The third-order valence-electron chi connectivity index (χ3n) is 5.76. The van der Waals surface area contributed by atoms with Crippen LogP contribution in [0.2, 0.25) is 0 Å². The van der Waals surface area contributed by atoms with Gasteiger partial charge in [0.25, 0.3) is 0 Å². The van der Waals surface area contributed by atoms with Crippen LogP contribution < -0.4 is 9.47 Å². The lowest BCUT2D eigenvalue weighted by atomic mass is 10.0. The van der Waals surface area contributed by atoms with Gasteiger partial charge in [0.1, 0.15) is 13.2 Å². The lowest BCUT2D eigenvalue weighted by molar-refractivity contribution is -0.132. The number of likely N-dealkylation sites (tertiary alicyclic amines) is 1. The molecule has 4 rings (SSSR count). The van der Waals surface area contributed by atoms with E-state index < -0.39 is 0 Å². The van der Waals surface area contributed by atoms with Crippen LogP contribution in [0.5, 0.6) is 11.5 Å². The number of unbranched alkanes of at least 4 members (excludes halogenated alkanes) is 1. The zero-order chi connectivity index (χ0) is 19.3. The van der Waals surface area contributed by atoms with Crippen LogP contribution in [0, 0.1) is 6.92 Å². The van der Waals surface area contributed by atoms with Gasteiger partial charge in [-0.1, -0.05) is 42.0 Å². The molecular weight excluding hydrogens is 350 g/mol. The molecule has 0 aliphatic carbocycles. The largest absolute Gasteiger partial charge is 0.486 e. The highest BCUT2D eigenvalue weighted by molar-refractivity contribution is 5.77. The molecule has 2 aliphatic rings. The van der Waals surface area contributed by atoms with E-state index in [1.165, 1.54) is 11.1 Å². The van der Waals surface area contributed by atoms with Crippen molar-refractivity contribution in [2.75, 3.05) is 19.8 Å². The Balaban J connectivity index is 1.34. The summed E-state index contributed by atoms with van der Waals surface area (Å²) < 4.78 is 11.6. The first-order chi connectivity index (χ1) is 13.7. The van der Waals surface area contributed by atoms with Crippen LogP contribution in [0.15, 0.2) is 42.5 Å². The molecule has 2 aromatic carbocycles. The summed E-state index contributed by atoms with van der Waals surface area (Å²) in [5.41, 5.74) is 3.74. The Morgan fingerprint density at radius 3 is 2.75 bits per heavy atom. The number of amides is 1. The fraction of sp³-hybridized carbons (Fsp3) is 0.458. The third kappa shape index (κ3) is 4.16. The van der Waals surface area contributed by atoms with Crippen molar-refractivity contribution in [1.82, 2.24) is 4.90 Å². The van der Waals surface area contributed by atoms with Gasteiger partial charge in [0, 0.05) is 18.5 Å². The smallest absolute Gasteiger partial charge is 0.223 e. The maximum absolute atomic E-state index is 12.9. The Labute approximate surface area is 167 Å². The number of rotatable bonds is 6. The van der Waals surface area contributed by atoms with E-state index in [0.717, 1.165) is 55.7 Å². The summed E-state index contributed by atoms with van der Waals surface area (Å²) in [6, 6.07) is 14.8. The van der Waals surface area contributed by atoms with Crippen molar-refractivity contribution in [2.45, 2.75) is 51.5 Å². The number of hydrogen-bond acceptors (Lipinski definition) is 3. The van der Waals surface area contributed by atoms with E-state index in [1.54, 1.807) is 0 Å². The SMILES string of the molecule is Cc1ccc(CCCCC(=O)N2CCCC2c2cccc3c2OCCO3)cc1. The summed E-state index contributed by atoms with van der Waals surface area (Å²) in [5.74, 6) is 1.90. The van der Waals surface area contributed by atoms with Crippen LogP contribution in [0.25, 0.3) is 0 Å². The van der Waals surface area contributed by atoms with Crippen molar-refractivity contribution in [3.8, 4) is 11.5 Å². The number of ether oxygens (including phenoxy) is 2. The molecule has 0 saturated carbocycles. The predicted molar refractivity (Wildman–Crippen MR) is 110 cm³/mol. The van der Waals surface area contributed by atoms with E-state index in [4.69, 9.17) is 9.47 Å². The van der Waals surface area contributed by atoms with E-state index in [0.29, 0.717) is 19.6 Å². The zero-order valence-electron chi connectivity index (χ0n) is 16.7. The standard InChI is InChI=1S/C24H29NO3/c1-18-11-13-19(14-12-18)6-2-3-10-23(26)25-15-5-8-21(25)20-7-4-9-22-24(20)28-17-16-27-22/h4,7,9,11-14,21H,2-3,5-6,8,10,15-17H2,1H3. The van der Waals surface area contributed by atoms with Gasteiger partial charge in [-0.05, 0) is 50.7 Å². The number of carbonyl (C=O) groups is 1. The van der Waals surface area contributed by atoms with Crippen molar-refractivity contribution >= 4 is 5.91 Å². The minimum atomic E-state index is 0.112. The highest BCUT2D eigenvalue weighted by atomic mass is 16.6. The van der Waals surface area contributed by atoms with Gasteiger partial charge in [-0.3, -0.25) is 4.79 Å². The number of benzene rings is 2.